The van der Waals surface area contributed by atoms with E-state index in [1.807, 2.05) is 7.05 Å². The number of aryl methyl sites for hydroxylation is 2. The van der Waals surface area contributed by atoms with Crippen molar-refractivity contribution in [2.24, 2.45) is 5.11 Å². The molecule has 1 aliphatic carbocycles. The topological polar surface area (TPSA) is 29.5 Å². The molecule has 2 aromatic rings. The number of benzene rings is 2. The Morgan fingerprint density at radius 3 is 2.62 bits per heavy atom. The molecule has 0 fully saturated rings. The summed E-state index contributed by atoms with van der Waals surface area (Å²) >= 11 is 0. The third-order valence-electron chi connectivity index (χ3n) is 3.46. The molecule has 3 nitrogen and oxygen atoms in total. The summed E-state index contributed by atoms with van der Waals surface area (Å²) in [6, 6.07) is 8.64. The van der Waals surface area contributed by atoms with E-state index in [4.69, 9.17) is 0 Å². The predicted molar refractivity (Wildman–Crippen MR) is 62.6 cm³/mol. The first-order chi connectivity index (χ1) is 7.83. The Morgan fingerprint density at radius 2 is 1.81 bits per heavy atom. The molecule has 0 unspecified atom stereocenters. The molecule has 78 valence electrons. The van der Waals surface area contributed by atoms with Crippen LogP contribution in [0.25, 0.3) is 16.2 Å². The van der Waals surface area contributed by atoms with Crippen LogP contribution in [-0.4, -0.2) is 11.9 Å². The van der Waals surface area contributed by atoms with Crippen LogP contribution in [0.4, 0.5) is 11.4 Å². The Kier molecular flexibility index (Phi) is 1.35. The normalized spacial score (nSPS) is 16.2. The average Bonchev–Trinajstić information content (AvgIpc) is 2.70. The van der Waals surface area contributed by atoms with Crippen molar-refractivity contribution in [3.05, 3.63) is 40.8 Å². The highest BCUT2D eigenvalue weighted by Gasteiger charge is 2.19. The van der Waals surface area contributed by atoms with Gasteiger partial charge in [-0.3, -0.25) is 0 Å². The molecule has 0 radical (unpaired) electrons. The highest BCUT2D eigenvalue weighted by Crippen LogP contribution is 2.45. The second-order valence-electron chi connectivity index (χ2n) is 4.43. The number of nitrogens with zero attached hydrogens (tertiary/aromatic N) is 3. The van der Waals surface area contributed by atoms with Crippen molar-refractivity contribution in [3.8, 4) is 0 Å². The van der Waals surface area contributed by atoms with E-state index in [0.29, 0.717) is 0 Å². The van der Waals surface area contributed by atoms with Crippen molar-refractivity contribution in [1.82, 2.24) is 0 Å². The molecule has 0 atom stereocenters. The van der Waals surface area contributed by atoms with Gasteiger partial charge >= 0.3 is 0 Å². The lowest BCUT2D eigenvalue weighted by Gasteiger charge is -2.19. The van der Waals surface area contributed by atoms with Crippen LogP contribution in [0.5, 0.6) is 0 Å². The van der Waals surface area contributed by atoms with Crippen LogP contribution < -0.4 is 0 Å². The summed E-state index contributed by atoms with van der Waals surface area (Å²) in [5, 5.41) is 7.08. The van der Waals surface area contributed by atoms with Crippen LogP contribution in [0.1, 0.15) is 11.1 Å². The van der Waals surface area contributed by atoms with E-state index in [0.717, 1.165) is 24.2 Å². The molecule has 0 spiro atoms. The van der Waals surface area contributed by atoms with Gasteiger partial charge in [-0.1, -0.05) is 24.3 Å². The second-order valence-corrected chi connectivity index (χ2v) is 4.43. The largest absolute Gasteiger partial charge is 0.187 e. The zero-order valence-electron chi connectivity index (χ0n) is 9.07. The minimum atomic E-state index is 1.05. The van der Waals surface area contributed by atoms with E-state index in [9.17, 15) is 0 Å². The summed E-state index contributed by atoms with van der Waals surface area (Å²) in [5.41, 5.74) is 9.44. The van der Waals surface area contributed by atoms with Crippen molar-refractivity contribution in [3.63, 3.8) is 0 Å². The lowest BCUT2D eigenvalue weighted by Crippen LogP contribution is -1.97. The fourth-order valence-corrected chi connectivity index (χ4v) is 2.79. The maximum absolute atomic E-state index is 4.44. The van der Waals surface area contributed by atoms with E-state index in [1.54, 1.807) is 4.81 Å². The van der Waals surface area contributed by atoms with Crippen LogP contribution in [0.15, 0.2) is 29.4 Å². The summed E-state index contributed by atoms with van der Waals surface area (Å²) in [6.45, 7) is 0. The molecule has 3 heteroatoms. The molecule has 2 aliphatic rings. The molecule has 0 N–H and O–H groups in total. The summed E-state index contributed by atoms with van der Waals surface area (Å²) in [5.74, 6) is 0. The Hall–Kier alpha value is -1.90. The molecule has 0 aromatic heterocycles. The van der Waals surface area contributed by atoms with Crippen LogP contribution in [0, 0.1) is 0 Å². The van der Waals surface area contributed by atoms with Crippen LogP contribution in [0.3, 0.4) is 0 Å². The smallest absolute Gasteiger partial charge is 0.152 e. The fourth-order valence-electron chi connectivity index (χ4n) is 2.79. The lowest BCUT2D eigenvalue weighted by molar-refractivity contribution is -0.507. The second kappa shape index (κ2) is 2.61. The third-order valence-corrected chi connectivity index (χ3v) is 3.46. The Labute approximate surface area is 93.4 Å². The molecule has 0 bridgehead atoms. The SMILES string of the molecule is C[N+]1=Nc2ccc3c4c(ccc(c24)[N-]1)CC3. The highest BCUT2D eigenvalue weighted by atomic mass is 15.5. The first kappa shape index (κ1) is 8.28. The Morgan fingerprint density at radius 1 is 1.06 bits per heavy atom. The molecule has 4 rings (SSSR count). The zero-order valence-corrected chi connectivity index (χ0v) is 9.07. The highest BCUT2D eigenvalue weighted by molar-refractivity contribution is 6.07. The van der Waals surface area contributed by atoms with Gasteiger partial charge in [-0.2, -0.15) is 15.3 Å². The van der Waals surface area contributed by atoms with Crippen LogP contribution in [-0.2, 0) is 12.8 Å². The molecule has 1 aliphatic heterocycles. The molecule has 0 amide bonds. The summed E-state index contributed by atoms with van der Waals surface area (Å²) in [6.07, 6.45) is 2.32. The van der Waals surface area contributed by atoms with Gasteiger partial charge in [0.2, 0.25) is 0 Å². The zero-order chi connectivity index (χ0) is 10.7. The summed E-state index contributed by atoms with van der Waals surface area (Å²) < 4.78 is 0. The molecule has 2 aromatic carbocycles. The predicted octanol–water partition coefficient (Wildman–Crippen LogP) is 3.60. The quantitative estimate of drug-likeness (QED) is 0.593. The van der Waals surface area contributed by atoms with E-state index < -0.39 is 0 Å². The standard InChI is InChI=1S/C13H11N3/c1-16-14-10-6-4-8-2-3-9-5-7-11(15-16)13(10)12(8)9/h4-7H,2-3H2,1H3. The van der Waals surface area contributed by atoms with Gasteiger partial charge in [-0.25, -0.2) is 0 Å². The van der Waals surface area contributed by atoms with Gasteiger partial charge in [0.1, 0.15) is 0 Å². The Balaban J connectivity index is 2.25. The maximum atomic E-state index is 4.44. The first-order valence-corrected chi connectivity index (χ1v) is 5.57. The third kappa shape index (κ3) is 0.883. The van der Waals surface area contributed by atoms with Gasteiger partial charge in [0.25, 0.3) is 0 Å². The van der Waals surface area contributed by atoms with Crippen LogP contribution in [0.2, 0.25) is 0 Å². The van der Waals surface area contributed by atoms with Gasteiger partial charge in [0, 0.05) is 11.4 Å². The van der Waals surface area contributed by atoms with E-state index in [-0.39, 0.29) is 0 Å². The average molecular weight is 209 g/mol. The van der Waals surface area contributed by atoms with Gasteiger partial charge in [-0.15, -0.1) is 0 Å². The molecule has 0 saturated heterocycles. The number of azo groups is 1. The molecular formula is C13H11N3. The van der Waals surface area contributed by atoms with Crippen molar-refractivity contribution in [1.29, 1.82) is 0 Å². The monoisotopic (exact) mass is 209 g/mol. The van der Waals surface area contributed by atoms with E-state index in [2.05, 4.69) is 34.8 Å². The van der Waals surface area contributed by atoms with Gasteiger partial charge < -0.3 is 0 Å². The summed E-state index contributed by atoms with van der Waals surface area (Å²) in [4.78, 5) is 1.65. The Bertz CT molecular complexity index is 646. The van der Waals surface area contributed by atoms with Crippen molar-refractivity contribution in [2.45, 2.75) is 12.8 Å². The molecule has 1 heterocycles. The van der Waals surface area contributed by atoms with Crippen LogP contribution >= 0.6 is 0 Å². The molecule has 0 saturated carbocycles. The number of hydrogen-bond acceptors (Lipinski definition) is 1. The van der Waals surface area contributed by atoms with Crippen molar-refractivity contribution in [2.75, 3.05) is 7.05 Å². The van der Waals surface area contributed by atoms with E-state index >= 15 is 0 Å². The number of hydrogen-bond donors (Lipinski definition) is 0. The van der Waals surface area contributed by atoms with Crippen molar-refractivity contribution >= 4 is 22.1 Å². The molecule has 16 heavy (non-hydrogen) atoms. The minimum absolute atomic E-state index is 1.05. The lowest BCUT2D eigenvalue weighted by atomic mass is 10.0. The first-order valence-electron chi connectivity index (χ1n) is 5.57. The fraction of sp³-hybridized carbons (Fsp3) is 0.231. The van der Waals surface area contributed by atoms with Gasteiger partial charge in [0.15, 0.2) is 7.05 Å². The maximum Gasteiger partial charge on any atom is 0.152 e. The summed E-state index contributed by atoms with van der Waals surface area (Å²) in [7, 11) is 1.87. The van der Waals surface area contributed by atoms with E-state index in [1.165, 1.54) is 21.9 Å². The number of rotatable bonds is 0. The molecular weight excluding hydrogens is 198 g/mol. The van der Waals surface area contributed by atoms with Gasteiger partial charge in [-0.05, 0) is 34.7 Å². The minimum Gasteiger partial charge on any atom is -0.187 e. The van der Waals surface area contributed by atoms with Gasteiger partial charge in [0.05, 0.1) is 0 Å². The van der Waals surface area contributed by atoms with Crippen molar-refractivity contribution < 1.29 is 4.81 Å².